The van der Waals surface area contributed by atoms with Crippen molar-refractivity contribution in [2.75, 3.05) is 25.0 Å². The Bertz CT molecular complexity index is 518. The van der Waals surface area contributed by atoms with E-state index in [0.29, 0.717) is 30.8 Å². The van der Waals surface area contributed by atoms with Gasteiger partial charge in [-0.1, -0.05) is 0 Å². The highest BCUT2D eigenvalue weighted by atomic mass is 16.6. The standard InChI is InChI=1S/C12H15N3O4/c1-13-12(17)8-2-3-10(15(18)19)11(6-8)14-5-4-9(16)7-14/h2-3,6,9,16H,4-5,7H2,1H3,(H,13,17). The summed E-state index contributed by atoms with van der Waals surface area (Å²) in [5.41, 5.74) is 0.689. The zero-order valence-corrected chi connectivity index (χ0v) is 10.5. The Hall–Kier alpha value is -2.15. The van der Waals surface area contributed by atoms with Gasteiger partial charge in [-0.25, -0.2) is 0 Å². The third kappa shape index (κ3) is 2.65. The van der Waals surface area contributed by atoms with Crippen molar-refractivity contribution in [2.45, 2.75) is 12.5 Å². The Labute approximate surface area is 110 Å². The zero-order chi connectivity index (χ0) is 14.0. The summed E-state index contributed by atoms with van der Waals surface area (Å²) in [4.78, 5) is 23.9. The average Bonchev–Trinajstić information content (AvgIpc) is 2.83. The molecule has 1 unspecified atom stereocenters. The molecular formula is C12H15N3O4. The number of amides is 1. The minimum atomic E-state index is -0.483. The Kier molecular flexibility index (Phi) is 3.66. The van der Waals surface area contributed by atoms with Gasteiger partial charge in [0.05, 0.1) is 11.0 Å². The topological polar surface area (TPSA) is 95.7 Å². The first kappa shape index (κ1) is 13.3. The summed E-state index contributed by atoms with van der Waals surface area (Å²) in [7, 11) is 1.50. The number of anilines is 1. The van der Waals surface area contributed by atoms with Crippen LogP contribution in [-0.4, -0.2) is 42.2 Å². The molecule has 0 saturated carbocycles. The number of β-amino-alcohol motifs (C(OH)–C–C–N with tert-alkyl or cyclic N) is 1. The van der Waals surface area contributed by atoms with Gasteiger partial charge in [-0.05, 0) is 18.6 Å². The smallest absolute Gasteiger partial charge is 0.292 e. The average molecular weight is 265 g/mol. The molecule has 1 aliphatic rings. The van der Waals surface area contributed by atoms with Crippen molar-refractivity contribution in [2.24, 2.45) is 0 Å². The predicted octanol–water partition coefficient (Wildman–Crippen LogP) is 0.525. The van der Waals surface area contributed by atoms with Crippen molar-refractivity contribution in [3.63, 3.8) is 0 Å². The molecule has 7 heteroatoms. The van der Waals surface area contributed by atoms with Crippen LogP contribution in [0.25, 0.3) is 0 Å². The molecule has 2 rings (SSSR count). The SMILES string of the molecule is CNC(=O)c1ccc([N+](=O)[O-])c(N2CCC(O)C2)c1. The van der Waals surface area contributed by atoms with Crippen LogP contribution in [0.5, 0.6) is 0 Å². The Morgan fingerprint density at radius 1 is 1.58 bits per heavy atom. The van der Waals surface area contributed by atoms with E-state index in [-0.39, 0.29) is 11.6 Å². The molecule has 1 saturated heterocycles. The Balaban J connectivity index is 2.42. The van der Waals surface area contributed by atoms with Gasteiger partial charge in [-0.15, -0.1) is 0 Å². The number of carbonyl (C=O) groups is 1. The van der Waals surface area contributed by atoms with Crippen molar-refractivity contribution in [1.82, 2.24) is 5.32 Å². The number of nitrogens with zero attached hydrogens (tertiary/aromatic N) is 2. The molecule has 1 amide bonds. The molecule has 1 atom stereocenters. The van der Waals surface area contributed by atoms with Crippen LogP contribution in [0.3, 0.4) is 0 Å². The summed E-state index contributed by atoms with van der Waals surface area (Å²) in [6, 6.07) is 4.24. The van der Waals surface area contributed by atoms with E-state index >= 15 is 0 Å². The van der Waals surface area contributed by atoms with E-state index < -0.39 is 11.0 Å². The number of hydrogen-bond acceptors (Lipinski definition) is 5. The number of nitro benzene ring substituents is 1. The van der Waals surface area contributed by atoms with Gasteiger partial charge in [0.1, 0.15) is 5.69 Å². The Morgan fingerprint density at radius 2 is 2.32 bits per heavy atom. The van der Waals surface area contributed by atoms with Crippen LogP contribution >= 0.6 is 0 Å². The quantitative estimate of drug-likeness (QED) is 0.613. The molecule has 0 bridgehead atoms. The molecule has 0 radical (unpaired) electrons. The van der Waals surface area contributed by atoms with Gasteiger partial charge in [0, 0.05) is 31.8 Å². The highest BCUT2D eigenvalue weighted by Gasteiger charge is 2.27. The first-order valence-corrected chi connectivity index (χ1v) is 5.96. The number of carbonyl (C=O) groups excluding carboxylic acids is 1. The number of aliphatic hydroxyl groups is 1. The molecule has 19 heavy (non-hydrogen) atoms. The van der Waals surface area contributed by atoms with E-state index in [2.05, 4.69) is 5.32 Å². The maximum atomic E-state index is 11.6. The molecule has 102 valence electrons. The molecule has 0 aliphatic carbocycles. The lowest BCUT2D eigenvalue weighted by molar-refractivity contribution is -0.384. The van der Waals surface area contributed by atoms with Crippen LogP contribution in [0.2, 0.25) is 0 Å². The number of nitrogens with one attached hydrogen (secondary N) is 1. The second kappa shape index (κ2) is 5.23. The first-order chi connectivity index (χ1) is 9.02. The number of benzene rings is 1. The largest absolute Gasteiger partial charge is 0.391 e. The van der Waals surface area contributed by atoms with Gasteiger partial charge < -0.3 is 15.3 Å². The molecule has 2 N–H and O–H groups in total. The Morgan fingerprint density at radius 3 is 2.84 bits per heavy atom. The highest BCUT2D eigenvalue weighted by Crippen LogP contribution is 2.31. The van der Waals surface area contributed by atoms with E-state index in [1.807, 2.05) is 0 Å². The van der Waals surface area contributed by atoms with E-state index in [1.165, 1.54) is 25.2 Å². The van der Waals surface area contributed by atoms with Gasteiger partial charge >= 0.3 is 0 Å². The number of aliphatic hydroxyl groups excluding tert-OH is 1. The van der Waals surface area contributed by atoms with Gasteiger partial charge in [0.15, 0.2) is 0 Å². The summed E-state index contributed by atoms with van der Waals surface area (Å²) >= 11 is 0. The number of nitro groups is 1. The zero-order valence-electron chi connectivity index (χ0n) is 10.5. The van der Waals surface area contributed by atoms with Crippen molar-refractivity contribution >= 4 is 17.3 Å². The van der Waals surface area contributed by atoms with E-state index in [4.69, 9.17) is 0 Å². The van der Waals surface area contributed by atoms with Gasteiger partial charge in [0.2, 0.25) is 0 Å². The number of rotatable bonds is 3. The maximum absolute atomic E-state index is 11.6. The summed E-state index contributed by atoms with van der Waals surface area (Å²) < 4.78 is 0. The highest BCUT2D eigenvalue weighted by molar-refractivity contribution is 5.95. The second-order valence-corrected chi connectivity index (χ2v) is 4.43. The fraction of sp³-hybridized carbons (Fsp3) is 0.417. The van der Waals surface area contributed by atoms with Crippen LogP contribution in [-0.2, 0) is 0 Å². The first-order valence-electron chi connectivity index (χ1n) is 5.96. The van der Waals surface area contributed by atoms with E-state index in [0.717, 1.165) is 0 Å². The van der Waals surface area contributed by atoms with Gasteiger partial charge in [0.25, 0.3) is 11.6 Å². The fourth-order valence-corrected chi connectivity index (χ4v) is 2.18. The second-order valence-electron chi connectivity index (χ2n) is 4.43. The summed E-state index contributed by atoms with van der Waals surface area (Å²) in [6.07, 6.45) is 0.0877. The fourth-order valence-electron chi connectivity index (χ4n) is 2.18. The van der Waals surface area contributed by atoms with Crippen molar-refractivity contribution < 1.29 is 14.8 Å². The van der Waals surface area contributed by atoms with Crippen molar-refractivity contribution in [1.29, 1.82) is 0 Å². The van der Waals surface area contributed by atoms with E-state index in [1.54, 1.807) is 4.90 Å². The lowest BCUT2D eigenvalue weighted by Crippen LogP contribution is -2.23. The lowest BCUT2D eigenvalue weighted by Gasteiger charge is -2.18. The minimum Gasteiger partial charge on any atom is -0.391 e. The van der Waals surface area contributed by atoms with Crippen molar-refractivity contribution in [3.05, 3.63) is 33.9 Å². The minimum absolute atomic E-state index is 0.0539. The van der Waals surface area contributed by atoms with E-state index in [9.17, 15) is 20.0 Å². The molecule has 0 spiro atoms. The van der Waals surface area contributed by atoms with Crippen LogP contribution in [0.15, 0.2) is 18.2 Å². The predicted molar refractivity (Wildman–Crippen MR) is 69.3 cm³/mol. The van der Waals surface area contributed by atoms with Crippen LogP contribution < -0.4 is 10.2 Å². The van der Waals surface area contributed by atoms with Crippen molar-refractivity contribution in [3.8, 4) is 0 Å². The molecule has 1 aromatic carbocycles. The van der Waals surface area contributed by atoms with Crippen LogP contribution in [0, 0.1) is 10.1 Å². The summed E-state index contributed by atoms with van der Waals surface area (Å²) in [5.74, 6) is -0.295. The van der Waals surface area contributed by atoms with Crippen LogP contribution in [0.4, 0.5) is 11.4 Å². The third-order valence-corrected chi connectivity index (χ3v) is 3.17. The van der Waals surface area contributed by atoms with Crippen LogP contribution in [0.1, 0.15) is 16.8 Å². The lowest BCUT2D eigenvalue weighted by atomic mass is 10.1. The molecule has 1 aliphatic heterocycles. The molecule has 0 aromatic heterocycles. The monoisotopic (exact) mass is 265 g/mol. The number of hydrogen-bond donors (Lipinski definition) is 2. The summed E-state index contributed by atoms with van der Waals surface area (Å²) in [6.45, 7) is 0.886. The van der Waals surface area contributed by atoms with Gasteiger partial charge in [-0.2, -0.15) is 0 Å². The van der Waals surface area contributed by atoms with Gasteiger partial charge in [-0.3, -0.25) is 14.9 Å². The molecule has 1 fully saturated rings. The molecule has 1 heterocycles. The molecule has 7 nitrogen and oxygen atoms in total. The maximum Gasteiger partial charge on any atom is 0.292 e. The normalized spacial score (nSPS) is 18.4. The third-order valence-electron chi connectivity index (χ3n) is 3.17. The molecule has 1 aromatic rings. The molecular weight excluding hydrogens is 250 g/mol. The summed E-state index contributed by atoms with van der Waals surface area (Å²) in [5, 5.41) is 23.0.